The first kappa shape index (κ1) is 13.0. The third kappa shape index (κ3) is 3.27. The molecule has 0 unspecified atom stereocenters. The fourth-order valence-corrected chi connectivity index (χ4v) is 1.78. The maximum absolute atomic E-state index is 13.5. The smallest absolute Gasteiger partial charge is 0.219 e. The van der Waals surface area contributed by atoms with Crippen LogP contribution in [-0.4, -0.2) is 12.0 Å². The highest BCUT2D eigenvalue weighted by molar-refractivity contribution is 9.10. The van der Waals surface area contributed by atoms with E-state index in [-0.39, 0.29) is 5.75 Å². The van der Waals surface area contributed by atoms with Crippen molar-refractivity contribution in [2.45, 2.75) is 6.54 Å². The average molecular weight is 311 g/mol. The number of aromatic nitrogens is 1. The van der Waals surface area contributed by atoms with Gasteiger partial charge in [-0.25, -0.2) is 9.37 Å². The molecule has 1 N–H and O–H groups in total. The lowest BCUT2D eigenvalue weighted by atomic mass is 10.3. The fraction of sp³-hybridized carbons (Fsp3) is 0.154. The molecule has 3 nitrogen and oxygen atoms in total. The minimum atomic E-state index is -0.425. The van der Waals surface area contributed by atoms with E-state index in [9.17, 15) is 4.39 Å². The Morgan fingerprint density at radius 1 is 1.33 bits per heavy atom. The second kappa shape index (κ2) is 5.93. The Hall–Kier alpha value is -1.46. The van der Waals surface area contributed by atoms with Gasteiger partial charge in [-0.3, -0.25) is 0 Å². The van der Waals surface area contributed by atoms with Crippen LogP contribution in [0.4, 0.5) is 4.39 Å². The zero-order valence-electron chi connectivity index (χ0n) is 9.78. The molecule has 0 amide bonds. The first-order chi connectivity index (χ1) is 8.69. The lowest BCUT2D eigenvalue weighted by molar-refractivity contribution is 0.427. The Balaban J connectivity index is 2.13. The highest BCUT2D eigenvalue weighted by Crippen LogP contribution is 2.25. The molecule has 1 heterocycles. The van der Waals surface area contributed by atoms with E-state index in [1.807, 2.05) is 13.1 Å². The third-order valence-corrected chi connectivity index (χ3v) is 2.78. The molecule has 0 saturated heterocycles. The zero-order chi connectivity index (χ0) is 13.0. The molecule has 1 aromatic carbocycles. The molecule has 0 radical (unpaired) electrons. The van der Waals surface area contributed by atoms with Gasteiger partial charge in [-0.15, -0.1) is 0 Å². The Morgan fingerprint density at radius 2 is 2.17 bits per heavy atom. The summed E-state index contributed by atoms with van der Waals surface area (Å²) in [7, 11) is 1.86. The number of halogens is 2. The molecule has 1 aromatic heterocycles. The number of hydrogen-bond acceptors (Lipinski definition) is 3. The van der Waals surface area contributed by atoms with E-state index in [2.05, 4.69) is 26.2 Å². The van der Waals surface area contributed by atoms with Gasteiger partial charge >= 0.3 is 0 Å². The summed E-state index contributed by atoms with van der Waals surface area (Å²) in [4.78, 5) is 4.12. The summed E-state index contributed by atoms with van der Waals surface area (Å²) in [5, 5.41) is 3.02. The number of benzene rings is 1. The van der Waals surface area contributed by atoms with Crippen LogP contribution in [0.2, 0.25) is 0 Å². The zero-order valence-corrected chi connectivity index (χ0v) is 11.4. The van der Waals surface area contributed by atoms with E-state index in [1.165, 1.54) is 6.07 Å². The molecule has 94 valence electrons. The molecule has 0 spiro atoms. The van der Waals surface area contributed by atoms with Gasteiger partial charge in [0.2, 0.25) is 5.88 Å². The summed E-state index contributed by atoms with van der Waals surface area (Å²) in [6.07, 6.45) is 1.70. The SMILES string of the molecule is CNCc1ccc(Oc2ccc(Br)cc2F)nc1. The van der Waals surface area contributed by atoms with E-state index in [0.29, 0.717) is 10.4 Å². The van der Waals surface area contributed by atoms with Crippen LogP contribution >= 0.6 is 15.9 Å². The maximum atomic E-state index is 13.5. The maximum Gasteiger partial charge on any atom is 0.219 e. The van der Waals surface area contributed by atoms with Gasteiger partial charge in [-0.05, 0) is 30.8 Å². The van der Waals surface area contributed by atoms with Gasteiger partial charge in [-0.1, -0.05) is 22.0 Å². The van der Waals surface area contributed by atoms with Gasteiger partial charge in [0, 0.05) is 23.3 Å². The first-order valence-corrected chi connectivity index (χ1v) is 6.21. The highest BCUT2D eigenvalue weighted by atomic mass is 79.9. The molecule has 0 fully saturated rings. The van der Waals surface area contributed by atoms with E-state index in [0.717, 1.165) is 12.1 Å². The normalized spacial score (nSPS) is 10.4. The highest BCUT2D eigenvalue weighted by Gasteiger charge is 2.06. The molecular formula is C13H12BrFN2O. The van der Waals surface area contributed by atoms with Crippen molar-refractivity contribution < 1.29 is 9.13 Å². The van der Waals surface area contributed by atoms with Gasteiger partial charge in [-0.2, -0.15) is 0 Å². The second-order valence-electron chi connectivity index (χ2n) is 3.71. The fourth-order valence-electron chi connectivity index (χ4n) is 1.45. The van der Waals surface area contributed by atoms with Crippen molar-refractivity contribution in [1.82, 2.24) is 10.3 Å². The molecule has 0 aliphatic heterocycles. The van der Waals surface area contributed by atoms with E-state index in [1.54, 1.807) is 24.4 Å². The van der Waals surface area contributed by atoms with Crippen LogP contribution in [0.15, 0.2) is 41.0 Å². The minimum Gasteiger partial charge on any atom is -0.436 e. The van der Waals surface area contributed by atoms with Crippen molar-refractivity contribution >= 4 is 15.9 Å². The van der Waals surface area contributed by atoms with Crippen molar-refractivity contribution in [2.24, 2.45) is 0 Å². The van der Waals surface area contributed by atoms with Gasteiger partial charge in [0.25, 0.3) is 0 Å². The van der Waals surface area contributed by atoms with E-state index in [4.69, 9.17) is 4.74 Å². The van der Waals surface area contributed by atoms with Crippen molar-refractivity contribution in [2.75, 3.05) is 7.05 Å². The number of pyridine rings is 1. The molecular weight excluding hydrogens is 299 g/mol. The van der Waals surface area contributed by atoms with Gasteiger partial charge < -0.3 is 10.1 Å². The monoisotopic (exact) mass is 310 g/mol. The Morgan fingerprint density at radius 3 is 2.78 bits per heavy atom. The Kier molecular flexibility index (Phi) is 4.28. The van der Waals surface area contributed by atoms with Crippen molar-refractivity contribution in [1.29, 1.82) is 0 Å². The first-order valence-electron chi connectivity index (χ1n) is 5.41. The summed E-state index contributed by atoms with van der Waals surface area (Å²) in [5.41, 5.74) is 1.04. The molecule has 18 heavy (non-hydrogen) atoms. The van der Waals surface area contributed by atoms with Crippen LogP contribution in [-0.2, 0) is 6.54 Å². The van der Waals surface area contributed by atoms with Gasteiger partial charge in [0.1, 0.15) is 0 Å². The largest absolute Gasteiger partial charge is 0.436 e. The number of rotatable bonds is 4. The van der Waals surface area contributed by atoms with Crippen LogP contribution in [0.1, 0.15) is 5.56 Å². The second-order valence-corrected chi connectivity index (χ2v) is 4.63. The number of nitrogens with one attached hydrogen (secondary N) is 1. The van der Waals surface area contributed by atoms with E-state index >= 15 is 0 Å². The van der Waals surface area contributed by atoms with Crippen molar-refractivity contribution in [3.05, 3.63) is 52.4 Å². The molecule has 0 aliphatic rings. The van der Waals surface area contributed by atoms with E-state index < -0.39 is 5.82 Å². The van der Waals surface area contributed by atoms with Gasteiger partial charge in [0.05, 0.1) is 0 Å². The summed E-state index contributed by atoms with van der Waals surface area (Å²) in [6.45, 7) is 0.736. The molecule has 0 atom stereocenters. The minimum absolute atomic E-state index is 0.159. The number of ether oxygens (including phenoxy) is 1. The molecule has 0 bridgehead atoms. The molecule has 0 aliphatic carbocycles. The summed E-state index contributed by atoms with van der Waals surface area (Å²) < 4.78 is 19.6. The van der Waals surface area contributed by atoms with Gasteiger partial charge in [0.15, 0.2) is 11.6 Å². The molecule has 5 heteroatoms. The summed E-state index contributed by atoms with van der Waals surface area (Å²) in [6, 6.07) is 8.23. The standard InChI is InChI=1S/C13H12BrFN2O/c1-16-7-9-2-5-13(17-8-9)18-12-4-3-10(14)6-11(12)15/h2-6,8,16H,7H2,1H3. The summed E-state index contributed by atoms with van der Waals surface area (Å²) in [5.74, 6) is 0.105. The van der Waals surface area contributed by atoms with Crippen molar-refractivity contribution in [3.8, 4) is 11.6 Å². The lowest BCUT2D eigenvalue weighted by Gasteiger charge is -2.06. The predicted octanol–water partition coefficient (Wildman–Crippen LogP) is 3.49. The number of nitrogens with zero attached hydrogens (tertiary/aromatic N) is 1. The molecule has 2 rings (SSSR count). The van der Waals surface area contributed by atoms with Crippen molar-refractivity contribution in [3.63, 3.8) is 0 Å². The number of hydrogen-bond donors (Lipinski definition) is 1. The topological polar surface area (TPSA) is 34.1 Å². The quantitative estimate of drug-likeness (QED) is 0.938. The van der Waals surface area contributed by atoms with Crippen LogP contribution in [0.25, 0.3) is 0 Å². The summed E-state index contributed by atoms with van der Waals surface area (Å²) >= 11 is 3.19. The Labute approximate surface area is 113 Å². The lowest BCUT2D eigenvalue weighted by Crippen LogP contribution is -2.05. The third-order valence-electron chi connectivity index (χ3n) is 2.29. The van der Waals surface area contributed by atoms with Crippen LogP contribution < -0.4 is 10.1 Å². The predicted molar refractivity (Wildman–Crippen MR) is 71.2 cm³/mol. The van der Waals surface area contributed by atoms with Crippen LogP contribution in [0.3, 0.4) is 0 Å². The van der Waals surface area contributed by atoms with Crippen LogP contribution in [0, 0.1) is 5.82 Å². The average Bonchev–Trinajstić information content (AvgIpc) is 2.35. The Bertz CT molecular complexity index is 531. The van der Waals surface area contributed by atoms with Crippen LogP contribution in [0.5, 0.6) is 11.6 Å². The molecule has 2 aromatic rings. The molecule has 0 saturated carbocycles.